The van der Waals surface area contributed by atoms with Crippen LogP contribution in [-0.4, -0.2) is 54.1 Å². The number of nitrogens with two attached hydrogens (primary N) is 2. The van der Waals surface area contributed by atoms with E-state index >= 15 is 0 Å². The first-order valence-corrected chi connectivity index (χ1v) is 6.60. The molecule has 0 aliphatic heterocycles. The topological polar surface area (TPSA) is 164 Å². The Morgan fingerprint density at radius 2 is 1.82 bits per heavy atom. The van der Waals surface area contributed by atoms with Crippen LogP contribution in [0.1, 0.15) is 19.3 Å². The molecule has 0 aromatic heterocycles. The molecule has 0 bridgehead atoms. The highest BCUT2D eigenvalue weighted by Gasteiger charge is 2.09. The van der Waals surface area contributed by atoms with E-state index in [9.17, 15) is 13.2 Å². The highest BCUT2D eigenvalue weighted by molar-refractivity contribution is 7.85. The van der Waals surface area contributed by atoms with Crippen molar-refractivity contribution < 1.29 is 28.0 Å². The van der Waals surface area contributed by atoms with E-state index in [-0.39, 0.29) is 0 Å². The fourth-order valence-electron chi connectivity index (χ4n) is 0.747. The maximum atomic E-state index is 10.1. The summed E-state index contributed by atoms with van der Waals surface area (Å²) in [7, 11) is -3.92. The number of unbranched alkanes of at least 4 members (excludes halogenated alkanes) is 1. The van der Waals surface area contributed by atoms with E-state index in [2.05, 4.69) is 0 Å². The van der Waals surface area contributed by atoms with Crippen molar-refractivity contribution >= 4 is 16.1 Å². The van der Waals surface area contributed by atoms with E-state index in [4.69, 9.17) is 26.2 Å². The third-order valence-electron chi connectivity index (χ3n) is 1.64. The second-order valence-electron chi connectivity index (χ2n) is 3.24. The SMILES string of the molecule is NCCCCC(N)C(=O)O.O=S(=O)(O)CCO. The molecule has 0 fully saturated rings. The zero-order valence-electron chi connectivity index (χ0n) is 9.45. The summed E-state index contributed by atoms with van der Waals surface area (Å²) in [5.74, 6) is -1.51. The van der Waals surface area contributed by atoms with E-state index in [0.29, 0.717) is 13.0 Å². The zero-order chi connectivity index (χ0) is 13.9. The van der Waals surface area contributed by atoms with Crippen LogP contribution in [0.5, 0.6) is 0 Å². The lowest BCUT2D eigenvalue weighted by Crippen LogP contribution is -2.29. The van der Waals surface area contributed by atoms with Crippen LogP contribution in [0, 0.1) is 0 Å². The summed E-state index contributed by atoms with van der Waals surface area (Å²) < 4.78 is 27.1. The molecule has 17 heavy (non-hydrogen) atoms. The van der Waals surface area contributed by atoms with Crippen molar-refractivity contribution in [3.8, 4) is 0 Å². The molecule has 1 atom stereocenters. The second kappa shape index (κ2) is 10.4. The number of carboxylic acids is 1. The Labute approximate surface area is 100 Å². The normalized spacial score (nSPS) is 12.5. The minimum atomic E-state index is -3.92. The molecular formula is C8H20N2O6S. The summed E-state index contributed by atoms with van der Waals surface area (Å²) in [6.07, 6.45) is 2.16. The lowest BCUT2D eigenvalue weighted by atomic mass is 10.1. The lowest BCUT2D eigenvalue weighted by Gasteiger charge is -2.03. The largest absolute Gasteiger partial charge is 0.480 e. The average Bonchev–Trinajstić information content (AvgIpc) is 2.16. The third-order valence-corrected chi connectivity index (χ3v) is 2.33. The molecule has 0 aromatic carbocycles. The molecule has 0 aliphatic rings. The minimum Gasteiger partial charge on any atom is -0.480 e. The van der Waals surface area contributed by atoms with E-state index in [1.807, 2.05) is 0 Å². The molecule has 0 saturated carbocycles. The van der Waals surface area contributed by atoms with Crippen LogP contribution in [-0.2, 0) is 14.9 Å². The van der Waals surface area contributed by atoms with Gasteiger partial charge in [-0.2, -0.15) is 8.42 Å². The molecule has 0 radical (unpaired) electrons. The maximum Gasteiger partial charge on any atom is 0.320 e. The summed E-state index contributed by atoms with van der Waals surface area (Å²) in [6.45, 7) is 0.0746. The summed E-state index contributed by atoms with van der Waals surface area (Å²) >= 11 is 0. The van der Waals surface area contributed by atoms with Crippen LogP contribution >= 0.6 is 0 Å². The zero-order valence-corrected chi connectivity index (χ0v) is 10.3. The van der Waals surface area contributed by atoms with Gasteiger partial charge >= 0.3 is 5.97 Å². The van der Waals surface area contributed by atoms with Gasteiger partial charge in [-0.15, -0.1) is 0 Å². The van der Waals surface area contributed by atoms with Gasteiger partial charge in [0.25, 0.3) is 10.1 Å². The van der Waals surface area contributed by atoms with Crippen molar-refractivity contribution in [2.45, 2.75) is 25.3 Å². The molecule has 1 unspecified atom stereocenters. The molecule has 0 rings (SSSR count). The maximum absolute atomic E-state index is 10.1. The predicted octanol–water partition coefficient (Wildman–Crippen LogP) is -1.61. The second-order valence-corrected chi connectivity index (χ2v) is 4.81. The smallest absolute Gasteiger partial charge is 0.320 e. The van der Waals surface area contributed by atoms with Gasteiger partial charge in [0.1, 0.15) is 6.04 Å². The fourth-order valence-corrected chi connectivity index (χ4v) is 0.978. The van der Waals surface area contributed by atoms with Crippen molar-refractivity contribution in [3.05, 3.63) is 0 Å². The first kappa shape index (κ1) is 18.6. The van der Waals surface area contributed by atoms with Crippen molar-refractivity contribution in [3.63, 3.8) is 0 Å². The lowest BCUT2D eigenvalue weighted by molar-refractivity contribution is -0.138. The molecule has 0 aliphatic carbocycles. The van der Waals surface area contributed by atoms with Gasteiger partial charge in [-0.3, -0.25) is 9.35 Å². The molecule has 0 aromatic rings. The Kier molecular flexibility index (Phi) is 11.4. The quantitative estimate of drug-likeness (QED) is 0.273. The van der Waals surface area contributed by atoms with Gasteiger partial charge in [0, 0.05) is 0 Å². The first-order chi connectivity index (χ1) is 7.74. The van der Waals surface area contributed by atoms with Gasteiger partial charge in [0.15, 0.2) is 0 Å². The number of aliphatic carboxylic acids is 1. The van der Waals surface area contributed by atoms with Crippen LogP contribution in [0.15, 0.2) is 0 Å². The van der Waals surface area contributed by atoms with Crippen molar-refractivity contribution in [1.82, 2.24) is 0 Å². The Balaban J connectivity index is 0. The molecule has 0 saturated heterocycles. The molecule has 7 N–H and O–H groups in total. The molecule has 0 heterocycles. The number of hydrogen-bond acceptors (Lipinski definition) is 6. The van der Waals surface area contributed by atoms with Gasteiger partial charge in [-0.25, -0.2) is 0 Å². The first-order valence-electron chi connectivity index (χ1n) is 4.99. The molecule has 8 nitrogen and oxygen atoms in total. The number of aliphatic hydroxyl groups excluding tert-OH is 1. The Hall–Kier alpha value is -0.740. The van der Waals surface area contributed by atoms with Crippen molar-refractivity contribution in [2.75, 3.05) is 18.9 Å². The van der Waals surface area contributed by atoms with Gasteiger partial charge in [-0.05, 0) is 19.4 Å². The summed E-state index contributed by atoms with van der Waals surface area (Å²) in [6, 6.07) is -0.716. The predicted molar refractivity (Wildman–Crippen MR) is 62.0 cm³/mol. The Morgan fingerprint density at radius 1 is 1.29 bits per heavy atom. The highest BCUT2D eigenvalue weighted by atomic mass is 32.2. The van der Waals surface area contributed by atoms with Gasteiger partial charge in [0.05, 0.1) is 12.4 Å². The van der Waals surface area contributed by atoms with Crippen LogP contribution in [0.4, 0.5) is 0 Å². The number of carbonyl (C=O) groups is 1. The van der Waals surface area contributed by atoms with E-state index in [1.54, 1.807) is 0 Å². The van der Waals surface area contributed by atoms with E-state index in [0.717, 1.165) is 12.8 Å². The van der Waals surface area contributed by atoms with Crippen LogP contribution in [0.2, 0.25) is 0 Å². The van der Waals surface area contributed by atoms with Gasteiger partial charge in [-0.1, -0.05) is 6.42 Å². The van der Waals surface area contributed by atoms with Crippen LogP contribution in [0.25, 0.3) is 0 Å². The monoisotopic (exact) mass is 272 g/mol. The number of hydrogen-bond donors (Lipinski definition) is 5. The minimum absolute atomic E-state index is 0.520. The summed E-state index contributed by atoms with van der Waals surface area (Å²) in [4.78, 5) is 10.1. The Morgan fingerprint density at radius 3 is 2.06 bits per heavy atom. The van der Waals surface area contributed by atoms with Gasteiger partial charge in [0.2, 0.25) is 0 Å². The fraction of sp³-hybridized carbons (Fsp3) is 0.875. The Bertz CT molecular complexity index is 292. The van der Waals surface area contributed by atoms with E-state index < -0.39 is 34.5 Å². The van der Waals surface area contributed by atoms with Crippen LogP contribution < -0.4 is 11.5 Å². The number of carboxylic acid groups (broad SMARTS) is 1. The van der Waals surface area contributed by atoms with Crippen molar-refractivity contribution in [2.24, 2.45) is 11.5 Å². The highest BCUT2D eigenvalue weighted by Crippen LogP contribution is 1.96. The van der Waals surface area contributed by atoms with Crippen LogP contribution in [0.3, 0.4) is 0 Å². The summed E-state index contributed by atoms with van der Waals surface area (Å²) in [5, 5.41) is 16.2. The standard InChI is InChI=1S/C6H14N2O2.C2H6O4S/c7-4-2-1-3-5(8)6(9)10;3-1-2-7(4,5)6/h5H,1-4,7-8H2,(H,9,10);3H,1-2H2,(H,4,5,6). The molecule has 0 amide bonds. The molecular weight excluding hydrogens is 252 g/mol. The summed E-state index contributed by atoms with van der Waals surface area (Å²) in [5.41, 5.74) is 10.4. The van der Waals surface area contributed by atoms with Gasteiger partial charge < -0.3 is 21.7 Å². The van der Waals surface area contributed by atoms with Crippen molar-refractivity contribution in [1.29, 1.82) is 0 Å². The average molecular weight is 272 g/mol. The number of aliphatic hydroxyl groups is 1. The number of rotatable bonds is 7. The third kappa shape index (κ3) is 17.9. The van der Waals surface area contributed by atoms with E-state index in [1.165, 1.54) is 0 Å². The molecule has 104 valence electrons. The molecule has 9 heteroatoms. The molecule has 0 spiro atoms.